The smallest absolute Gasteiger partial charge is 0.408 e. The molecule has 0 heterocycles. The molecule has 1 aliphatic rings. The Morgan fingerprint density at radius 1 is 1.45 bits per heavy atom. The average molecular weight is 297 g/mol. The fraction of sp³-hybridized carbons (Fsp3) is 0.400. The summed E-state index contributed by atoms with van der Waals surface area (Å²) in [4.78, 5) is 13.0. The van der Waals surface area contributed by atoms with Crippen LogP contribution in [0, 0.1) is 0 Å². The fourth-order valence-electron chi connectivity index (χ4n) is 2.52. The van der Waals surface area contributed by atoms with Crippen molar-refractivity contribution in [3.63, 3.8) is 0 Å². The zero-order chi connectivity index (χ0) is 14.0. The third kappa shape index (κ3) is 3.14. The lowest BCUT2D eigenvalue weighted by atomic mass is 9.98. The first-order valence-corrected chi connectivity index (χ1v) is 6.43. The van der Waals surface area contributed by atoms with E-state index in [0.29, 0.717) is 6.54 Å². The van der Waals surface area contributed by atoms with Gasteiger partial charge in [0.15, 0.2) is 0 Å². The van der Waals surface area contributed by atoms with Crippen molar-refractivity contribution in [3.05, 3.63) is 48.0 Å². The van der Waals surface area contributed by atoms with Crippen molar-refractivity contribution >= 4 is 18.5 Å². The highest BCUT2D eigenvalue weighted by molar-refractivity contribution is 5.85. The number of benzene rings is 1. The van der Waals surface area contributed by atoms with E-state index in [0.717, 1.165) is 24.0 Å². The maximum absolute atomic E-state index is 11.6. The Morgan fingerprint density at radius 3 is 2.40 bits per heavy atom. The van der Waals surface area contributed by atoms with Gasteiger partial charge in [-0.15, -0.1) is 12.4 Å². The van der Waals surface area contributed by atoms with Gasteiger partial charge < -0.3 is 10.8 Å². The number of hydrogen-bond acceptors (Lipinski definition) is 2. The Labute approximate surface area is 125 Å². The van der Waals surface area contributed by atoms with Crippen molar-refractivity contribution in [1.82, 2.24) is 4.90 Å². The van der Waals surface area contributed by atoms with Crippen LogP contribution in [0.2, 0.25) is 0 Å². The van der Waals surface area contributed by atoms with E-state index < -0.39 is 11.6 Å². The van der Waals surface area contributed by atoms with E-state index in [-0.39, 0.29) is 18.4 Å². The Balaban J connectivity index is 0.00000200. The first-order chi connectivity index (χ1) is 8.97. The van der Waals surface area contributed by atoms with Crippen LogP contribution in [0.4, 0.5) is 4.79 Å². The highest BCUT2D eigenvalue weighted by Gasteiger charge is 2.54. The summed E-state index contributed by atoms with van der Waals surface area (Å²) in [5, 5.41) is 9.48. The molecule has 3 N–H and O–H groups in total. The third-order valence-corrected chi connectivity index (χ3v) is 3.82. The van der Waals surface area contributed by atoms with E-state index in [4.69, 9.17) is 5.73 Å². The van der Waals surface area contributed by atoms with Crippen LogP contribution in [0.25, 0.3) is 0 Å². The minimum absolute atomic E-state index is 0. The van der Waals surface area contributed by atoms with Gasteiger partial charge in [-0.1, -0.05) is 42.5 Å². The molecular formula is C15H21ClN2O2. The molecule has 5 heteroatoms. The van der Waals surface area contributed by atoms with Crippen LogP contribution >= 0.6 is 12.4 Å². The predicted octanol–water partition coefficient (Wildman–Crippen LogP) is 3.02. The van der Waals surface area contributed by atoms with Gasteiger partial charge >= 0.3 is 6.09 Å². The largest absolute Gasteiger partial charge is 0.465 e. The van der Waals surface area contributed by atoms with Crippen LogP contribution in [-0.4, -0.2) is 27.7 Å². The lowest BCUT2D eigenvalue weighted by molar-refractivity contribution is 0.106. The van der Waals surface area contributed by atoms with E-state index in [1.54, 1.807) is 0 Å². The average Bonchev–Trinajstić information content (AvgIpc) is 3.17. The van der Waals surface area contributed by atoms with Crippen molar-refractivity contribution in [2.75, 3.05) is 0 Å². The van der Waals surface area contributed by atoms with Crippen LogP contribution < -0.4 is 5.73 Å². The molecule has 2 rings (SSSR count). The minimum atomic E-state index is -0.918. The van der Waals surface area contributed by atoms with Gasteiger partial charge in [0.05, 0.1) is 5.54 Å². The molecule has 0 unspecified atom stereocenters. The highest BCUT2D eigenvalue weighted by atomic mass is 35.5. The summed E-state index contributed by atoms with van der Waals surface area (Å²) in [6.07, 6.45) is 0.693. The molecule has 1 aromatic carbocycles. The molecule has 0 saturated heterocycles. The summed E-state index contributed by atoms with van der Waals surface area (Å²) in [6.45, 7) is 6.09. The number of carbonyl (C=O) groups is 1. The molecule has 0 spiro atoms. The number of nitrogens with zero attached hydrogens (tertiary/aromatic N) is 1. The summed E-state index contributed by atoms with van der Waals surface area (Å²) < 4.78 is 0. The van der Waals surface area contributed by atoms with Crippen molar-refractivity contribution in [3.8, 4) is 0 Å². The number of carboxylic acid groups (broad SMARTS) is 1. The molecule has 0 aromatic heterocycles. The molecule has 1 atom stereocenters. The Hall–Kier alpha value is -1.52. The number of amides is 1. The molecule has 1 aromatic rings. The molecule has 1 fully saturated rings. The second-order valence-electron chi connectivity index (χ2n) is 5.28. The van der Waals surface area contributed by atoms with E-state index in [1.807, 2.05) is 37.3 Å². The molecule has 1 amide bonds. The number of halogens is 1. The molecule has 4 nitrogen and oxygen atoms in total. The Kier molecular flexibility index (Phi) is 5.20. The van der Waals surface area contributed by atoms with Crippen molar-refractivity contribution in [2.24, 2.45) is 5.73 Å². The van der Waals surface area contributed by atoms with Gasteiger partial charge in [0.1, 0.15) is 0 Å². The Morgan fingerprint density at radius 2 is 2.00 bits per heavy atom. The number of nitrogens with two attached hydrogens (primary N) is 1. The lowest BCUT2D eigenvalue weighted by Crippen LogP contribution is -2.52. The van der Waals surface area contributed by atoms with Gasteiger partial charge in [-0.2, -0.15) is 0 Å². The second-order valence-corrected chi connectivity index (χ2v) is 5.28. The molecule has 1 saturated carbocycles. The van der Waals surface area contributed by atoms with Gasteiger partial charge in [-0.05, 0) is 25.3 Å². The minimum Gasteiger partial charge on any atom is -0.465 e. The van der Waals surface area contributed by atoms with Gasteiger partial charge in [0.2, 0.25) is 0 Å². The monoisotopic (exact) mass is 296 g/mol. The SMILES string of the molecule is C=C(C)[C@@H](N)C1(N(Cc2ccccc2)C(=O)O)CC1.Cl. The topological polar surface area (TPSA) is 66.6 Å². The standard InChI is InChI=1S/C15H20N2O2.ClH/c1-11(2)13(16)15(8-9-15)17(14(18)19)10-12-6-4-3-5-7-12;/h3-7,13H,1,8-10,16H2,2H3,(H,18,19);1H/t13-;/m1./s1. The van der Waals surface area contributed by atoms with E-state index in [2.05, 4.69) is 6.58 Å². The second kappa shape index (κ2) is 6.29. The lowest BCUT2D eigenvalue weighted by Gasteiger charge is -2.34. The molecule has 0 aliphatic heterocycles. The predicted molar refractivity (Wildman–Crippen MR) is 82.0 cm³/mol. The Bertz CT molecular complexity index is 486. The van der Waals surface area contributed by atoms with E-state index >= 15 is 0 Å². The maximum Gasteiger partial charge on any atom is 0.408 e. The zero-order valence-corrected chi connectivity index (χ0v) is 12.4. The summed E-state index contributed by atoms with van der Waals surface area (Å²) in [5.74, 6) is 0. The molecular weight excluding hydrogens is 276 g/mol. The van der Waals surface area contributed by atoms with E-state index in [9.17, 15) is 9.90 Å². The highest BCUT2D eigenvalue weighted by Crippen LogP contribution is 2.46. The molecule has 20 heavy (non-hydrogen) atoms. The van der Waals surface area contributed by atoms with Crippen LogP contribution in [0.3, 0.4) is 0 Å². The normalized spacial score (nSPS) is 16.7. The third-order valence-electron chi connectivity index (χ3n) is 3.82. The first kappa shape index (κ1) is 16.5. The summed E-state index contributed by atoms with van der Waals surface area (Å²) >= 11 is 0. The van der Waals surface area contributed by atoms with E-state index in [1.165, 1.54) is 4.90 Å². The summed E-state index contributed by atoms with van der Waals surface area (Å²) in [6, 6.07) is 9.30. The van der Waals surface area contributed by atoms with Gasteiger partial charge in [-0.25, -0.2) is 4.79 Å². The number of rotatable bonds is 5. The van der Waals surface area contributed by atoms with Crippen molar-refractivity contribution < 1.29 is 9.90 Å². The van der Waals surface area contributed by atoms with Crippen LogP contribution in [0.5, 0.6) is 0 Å². The molecule has 110 valence electrons. The quantitative estimate of drug-likeness (QED) is 0.821. The first-order valence-electron chi connectivity index (χ1n) is 6.43. The maximum atomic E-state index is 11.6. The molecule has 0 bridgehead atoms. The van der Waals surface area contributed by atoms with Crippen molar-refractivity contribution in [1.29, 1.82) is 0 Å². The summed E-state index contributed by atoms with van der Waals surface area (Å²) in [7, 11) is 0. The molecule has 1 aliphatic carbocycles. The van der Waals surface area contributed by atoms with Gasteiger partial charge in [0, 0.05) is 12.6 Å². The molecule has 0 radical (unpaired) electrons. The fourth-order valence-corrected chi connectivity index (χ4v) is 2.52. The zero-order valence-electron chi connectivity index (χ0n) is 11.6. The van der Waals surface area contributed by atoms with Crippen LogP contribution in [-0.2, 0) is 6.54 Å². The van der Waals surface area contributed by atoms with Gasteiger partial charge in [-0.3, -0.25) is 4.90 Å². The van der Waals surface area contributed by atoms with Crippen molar-refractivity contribution in [2.45, 2.75) is 37.9 Å². The number of hydrogen-bond donors (Lipinski definition) is 2. The van der Waals surface area contributed by atoms with Crippen LogP contribution in [0.1, 0.15) is 25.3 Å². The summed E-state index contributed by atoms with van der Waals surface area (Å²) in [5.41, 5.74) is 7.49. The van der Waals surface area contributed by atoms with Crippen LogP contribution in [0.15, 0.2) is 42.5 Å². The van der Waals surface area contributed by atoms with Gasteiger partial charge in [0.25, 0.3) is 0 Å².